The van der Waals surface area contributed by atoms with Gasteiger partial charge < -0.3 is 9.47 Å². The lowest BCUT2D eigenvalue weighted by molar-refractivity contribution is -0.145. The van der Waals surface area contributed by atoms with E-state index in [0.29, 0.717) is 31.9 Å². The summed E-state index contributed by atoms with van der Waals surface area (Å²) >= 11 is 0. The number of rotatable bonds is 8. The van der Waals surface area contributed by atoms with E-state index in [1.165, 1.54) is 12.0 Å². The standard InChI is InChI=1S/C16H22N2O3/c17-18-16(14-8-4-9-14)20-11-5-10-15(19)21-12-13-6-2-1-3-7-13/h1-3,6-7,18H,4-5,8-12,17H2. The Morgan fingerprint density at radius 1 is 1.19 bits per heavy atom. The van der Waals surface area contributed by atoms with E-state index in [-0.39, 0.29) is 5.97 Å². The van der Waals surface area contributed by atoms with Gasteiger partial charge in [0.2, 0.25) is 0 Å². The lowest BCUT2D eigenvalue weighted by Crippen LogP contribution is -2.26. The van der Waals surface area contributed by atoms with Crippen molar-refractivity contribution in [1.29, 1.82) is 0 Å². The van der Waals surface area contributed by atoms with E-state index >= 15 is 0 Å². The maximum atomic E-state index is 11.6. The smallest absolute Gasteiger partial charge is 0.306 e. The van der Waals surface area contributed by atoms with Gasteiger partial charge in [-0.2, -0.15) is 0 Å². The number of hydrogen-bond donors (Lipinski definition) is 2. The van der Waals surface area contributed by atoms with E-state index in [1.54, 1.807) is 0 Å². The predicted octanol–water partition coefficient (Wildman–Crippen LogP) is 2.39. The molecule has 0 spiro atoms. The van der Waals surface area contributed by atoms with E-state index in [9.17, 15) is 4.79 Å². The Balaban J connectivity index is 1.59. The number of hydrogen-bond acceptors (Lipinski definition) is 5. The van der Waals surface area contributed by atoms with Crippen LogP contribution in [-0.2, 0) is 20.9 Å². The van der Waals surface area contributed by atoms with Crippen molar-refractivity contribution < 1.29 is 14.3 Å². The number of hydrazine groups is 1. The molecule has 0 heterocycles. The molecule has 21 heavy (non-hydrogen) atoms. The zero-order valence-corrected chi connectivity index (χ0v) is 12.1. The van der Waals surface area contributed by atoms with Gasteiger partial charge in [0.1, 0.15) is 6.61 Å². The van der Waals surface area contributed by atoms with Crippen LogP contribution in [0.1, 0.15) is 37.7 Å². The van der Waals surface area contributed by atoms with Crippen LogP contribution >= 0.6 is 0 Å². The van der Waals surface area contributed by atoms with Gasteiger partial charge in [0, 0.05) is 6.42 Å². The summed E-state index contributed by atoms with van der Waals surface area (Å²) in [6.45, 7) is 0.781. The van der Waals surface area contributed by atoms with E-state index in [4.69, 9.17) is 15.3 Å². The minimum Gasteiger partial charge on any atom is -0.478 e. The fraction of sp³-hybridized carbons (Fsp3) is 0.438. The lowest BCUT2D eigenvalue weighted by Gasteiger charge is -2.21. The summed E-state index contributed by atoms with van der Waals surface area (Å²) in [6, 6.07) is 9.64. The van der Waals surface area contributed by atoms with Crippen LogP contribution in [0.5, 0.6) is 0 Å². The Hall–Kier alpha value is -2.01. The van der Waals surface area contributed by atoms with Crippen molar-refractivity contribution in [2.24, 2.45) is 5.84 Å². The number of carbonyl (C=O) groups excluding carboxylic acids is 1. The van der Waals surface area contributed by atoms with Crippen LogP contribution in [0.2, 0.25) is 0 Å². The average Bonchev–Trinajstić information content (AvgIpc) is 2.47. The largest absolute Gasteiger partial charge is 0.478 e. The first kappa shape index (κ1) is 15.4. The van der Waals surface area contributed by atoms with Crippen LogP contribution in [0, 0.1) is 0 Å². The summed E-state index contributed by atoms with van der Waals surface area (Å²) < 4.78 is 10.7. The first-order valence-electron chi connectivity index (χ1n) is 7.30. The van der Waals surface area contributed by atoms with E-state index < -0.39 is 0 Å². The molecule has 1 saturated carbocycles. The van der Waals surface area contributed by atoms with Gasteiger partial charge in [-0.1, -0.05) is 30.3 Å². The molecule has 1 fully saturated rings. The molecular formula is C16H22N2O3. The third kappa shape index (κ3) is 5.11. The molecule has 1 aliphatic rings. The second-order valence-corrected chi connectivity index (χ2v) is 5.03. The first-order valence-corrected chi connectivity index (χ1v) is 7.30. The van der Waals surface area contributed by atoms with Crippen molar-refractivity contribution in [2.45, 2.75) is 38.7 Å². The maximum Gasteiger partial charge on any atom is 0.306 e. The fourth-order valence-electron chi connectivity index (χ4n) is 2.03. The van der Waals surface area contributed by atoms with Gasteiger partial charge in [-0.05, 0) is 36.8 Å². The average molecular weight is 290 g/mol. The number of allylic oxidation sites excluding steroid dienone is 1. The zero-order chi connectivity index (χ0) is 14.9. The number of ether oxygens (including phenoxy) is 2. The van der Waals surface area contributed by atoms with Gasteiger partial charge >= 0.3 is 5.97 Å². The third-order valence-corrected chi connectivity index (χ3v) is 3.42. The Labute approximate surface area is 125 Å². The van der Waals surface area contributed by atoms with E-state index in [2.05, 4.69) is 5.43 Å². The molecule has 0 aliphatic heterocycles. The molecule has 1 aromatic rings. The highest BCUT2D eigenvalue weighted by Crippen LogP contribution is 2.27. The van der Waals surface area contributed by atoms with E-state index in [0.717, 1.165) is 18.4 Å². The number of carbonyl (C=O) groups is 1. The SMILES string of the molecule is NNC(OCCCC(=O)OCc1ccccc1)=C1CCC1. The molecule has 0 unspecified atom stereocenters. The van der Waals surface area contributed by atoms with Crippen LogP contribution in [0.15, 0.2) is 41.8 Å². The Bertz CT molecular complexity index is 480. The van der Waals surface area contributed by atoms with Crippen LogP contribution in [0.4, 0.5) is 0 Å². The van der Waals surface area contributed by atoms with Gasteiger partial charge in [-0.3, -0.25) is 10.2 Å². The van der Waals surface area contributed by atoms with Crippen molar-refractivity contribution in [3.63, 3.8) is 0 Å². The molecular weight excluding hydrogens is 268 g/mol. The highest BCUT2D eigenvalue weighted by Gasteiger charge is 2.15. The molecule has 1 aromatic carbocycles. The number of esters is 1. The molecule has 5 nitrogen and oxygen atoms in total. The zero-order valence-electron chi connectivity index (χ0n) is 12.1. The molecule has 114 valence electrons. The topological polar surface area (TPSA) is 73.6 Å². The Morgan fingerprint density at radius 2 is 1.95 bits per heavy atom. The second-order valence-electron chi connectivity index (χ2n) is 5.03. The van der Waals surface area contributed by atoms with Gasteiger partial charge in [0.25, 0.3) is 0 Å². The van der Waals surface area contributed by atoms with Crippen molar-refractivity contribution >= 4 is 5.97 Å². The fourth-order valence-corrected chi connectivity index (χ4v) is 2.03. The van der Waals surface area contributed by atoms with Gasteiger partial charge in [-0.15, -0.1) is 0 Å². The minimum absolute atomic E-state index is 0.207. The summed E-state index contributed by atoms with van der Waals surface area (Å²) in [5.41, 5.74) is 4.80. The van der Waals surface area contributed by atoms with Crippen molar-refractivity contribution in [3.05, 3.63) is 47.4 Å². The Morgan fingerprint density at radius 3 is 2.57 bits per heavy atom. The van der Waals surface area contributed by atoms with Crippen LogP contribution in [0.25, 0.3) is 0 Å². The minimum atomic E-state index is -0.207. The van der Waals surface area contributed by atoms with Crippen LogP contribution in [-0.4, -0.2) is 12.6 Å². The molecule has 0 aromatic heterocycles. The van der Waals surface area contributed by atoms with Gasteiger partial charge in [-0.25, -0.2) is 5.84 Å². The summed E-state index contributed by atoms with van der Waals surface area (Å²) in [4.78, 5) is 11.6. The van der Waals surface area contributed by atoms with Gasteiger partial charge in [0.05, 0.1) is 6.61 Å². The second kappa shape index (κ2) is 8.32. The van der Waals surface area contributed by atoms with Crippen molar-refractivity contribution in [2.75, 3.05) is 6.61 Å². The van der Waals surface area contributed by atoms with Crippen molar-refractivity contribution in [3.8, 4) is 0 Å². The number of nitrogens with two attached hydrogens (primary N) is 1. The van der Waals surface area contributed by atoms with Crippen molar-refractivity contribution in [1.82, 2.24) is 5.43 Å². The molecule has 1 aliphatic carbocycles. The first-order chi connectivity index (χ1) is 10.3. The third-order valence-electron chi connectivity index (χ3n) is 3.42. The normalized spacial score (nSPS) is 13.3. The highest BCUT2D eigenvalue weighted by molar-refractivity contribution is 5.69. The summed E-state index contributed by atoms with van der Waals surface area (Å²) in [7, 11) is 0. The maximum absolute atomic E-state index is 11.6. The molecule has 0 amide bonds. The van der Waals surface area contributed by atoms with Crippen LogP contribution < -0.4 is 11.3 Å². The highest BCUT2D eigenvalue weighted by atomic mass is 16.5. The Kier molecular flexibility index (Phi) is 6.09. The number of nitrogens with one attached hydrogen (secondary N) is 1. The summed E-state index contributed by atoms with van der Waals surface area (Å²) in [5, 5.41) is 0. The molecule has 0 bridgehead atoms. The van der Waals surface area contributed by atoms with Gasteiger partial charge in [0.15, 0.2) is 5.88 Å². The lowest BCUT2D eigenvalue weighted by atomic mass is 9.93. The quantitative estimate of drug-likeness (QED) is 0.253. The molecule has 2 rings (SSSR count). The number of benzene rings is 1. The molecule has 0 radical (unpaired) electrons. The predicted molar refractivity (Wildman–Crippen MR) is 79.6 cm³/mol. The van der Waals surface area contributed by atoms with Crippen LogP contribution in [0.3, 0.4) is 0 Å². The monoisotopic (exact) mass is 290 g/mol. The molecule has 3 N–H and O–H groups in total. The molecule has 0 saturated heterocycles. The summed E-state index contributed by atoms with van der Waals surface area (Å²) in [5.74, 6) is 5.87. The summed E-state index contributed by atoms with van der Waals surface area (Å²) in [6.07, 6.45) is 4.24. The van der Waals surface area contributed by atoms with E-state index in [1.807, 2.05) is 30.3 Å². The molecule has 0 atom stereocenters. The molecule has 5 heteroatoms.